The number of likely N-dealkylation sites (N-methyl/N-ethyl adjacent to an activating group) is 1. The highest BCUT2D eigenvalue weighted by Crippen LogP contribution is 2.24. The van der Waals surface area contributed by atoms with Gasteiger partial charge < -0.3 is 10.2 Å². The zero-order chi connectivity index (χ0) is 9.68. The van der Waals surface area contributed by atoms with E-state index in [-0.39, 0.29) is 5.91 Å². The lowest BCUT2D eigenvalue weighted by molar-refractivity contribution is -0.120. The van der Waals surface area contributed by atoms with Crippen LogP contribution in [0.2, 0.25) is 0 Å². The molecule has 0 aromatic carbocycles. The van der Waals surface area contributed by atoms with Gasteiger partial charge in [-0.1, -0.05) is 0 Å². The highest BCUT2D eigenvalue weighted by atomic mass is 32.1. The third-order valence-electron chi connectivity index (χ3n) is 2.30. The van der Waals surface area contributed by atoms with Crippen LogP contribution < -0.4 is 5.32 Å². The summed E-state index contributed by atoms with van der Waals surface area (Å²) in [7, 11) is 2.11. The van der Waals surface area contributed by atoms with Gasteiger partial charge in [0.25, 0.3) is 0 Å². The second-order valence-electron chi connectivity index (χ2n) is 3.54. The molecular formula is C9H18N2OS. The van der Waals surface area contributed by atoms with Crippen molar-refractivity contribution in [3.05, 3.63) is 0 Å². The Morgan fingerprint density at radius 2 is 2.31 bits per heavy atom. The summed E-state index contributed by atoms with van der Waals surface area (Å²) in [6, 6.07) is 0.779. The van der Waals surface area contributed by atoms with E-state index in [1.54, 1.807) is 0 Å². The van der Waals surface area contributed by atoms with Crippen LogP contribution in [-0.4, -0.2) is 42.7 Å². The van der Waals surface area contributed by atoms with Crippen LogP contribution in [0.4, 0.5) is 0 Å². The minimum Gasteiger partial charge on any atom is -0.355 e. The van der Waals surface area contributed by atoms with Gasteiger partial charge in [-0.15, -0.1) is 0 Å². The minimum atomic E-state index is 0.110. The van der Waals surface area contributed by atoms with E-state index in [1.807, 2.05) is 0 Å². The summed E-state index contributed by atoms with van der Waals surface area (Å²) in [6.45, 7) is 1.72. The maximum atomic E-state index is 11.0. The summed E-state index contributed by atoms with van der Waals surface area (Å²) >= 11 is 3.99. The van der Waals surface area contributed by atoms with Gasteiger partial charge in [0.2, 0.25) is 5.91 Å². The fourth-order valence-electron chi connectivity index (χ4n) is 1.26. The molecule has 3 nitrogen and oxygen atoms in total. The smallest absolute Gasteiger partial charge is 0.220 e. The molecule has 1 fully saturated rings. The van der Waals surface area contributed by atoms with E-state index >= 15 is 0 Å². The van der Waals surface area contributed by atoms with E-state index in [2.05, 4.69) is 29.9 Å². The van der Waals surface area contributed by atoms with Crippen LogP contribution in [0.1, 0.15) is 19.3 Å². The summed E-state index contributed by atoms with van der Waals surface area (Å²) in [6.07, 6.45) is 3.17. The molecule has 0 radical (unpaired) electrons. The summed E-state index contributed by atoms with van der Waals surface area (Å²) in [5.74, 6) is 0.740. The van der Waals surface area contributed by atoms with Crippen LogP contribution in [0.25, 0.3) is 0 Å². The summed E-state index contributed by atoms with van der Waals surface area (Å²) in [4.78, 5) is 13.3. The van der Waals surface area contributed by atoms with E-state index in [9.17, 15) is 4.79 Å². The molecule has 76 valence electrons. The molecule has 0 heterocycles. The molecule has 1 rings (SSSR count). The monoisotopic (exact) mass is 202 g/mol. The Morgan fingerprint density at radius 3 is 2.85 bits per heavy atom. The van der Waals surface area contributed by atoms with Gasteiger partial charge in [-0.3, -0.25) is 4.79 Å². The van der Waals surface area contributed by atoms with E-state index < -0.39 is 0 Å². The van der Waals surface area contributed by atoms with Crippen LogP contribution in [0.5, 0.6) is 0 Å². The molecule has 1 saturated carbocycles. The van der Waals surface area contributed by atoms with Crippen molar-refractivity contribution in [2.24, 2.45) is 0 Å². The van der Waals surface area contributed by atoms with E-state index in [0.29, 0.717) is 12.2 Å². The lowest BCUT2D eigenvalue weighted by atomic mass is 10.4. The van der Waals surface area contributed by atoms with Gasteiger partial charge in [-0.2, -0.15) is 12.6 Å². The summed E-state index contributed by atoms with van der Waals surface area (Å²) in [5.41, 5.74) is 0. The van der Waals surface area contributed by atoms with Gasteiger partial charge in [-0.05, 0) is 25.6 Å². The van der Waals surface area contributed by atoms with E-state index in [4.69, 9.17) is 0 Å². The maximum Gasteiger partial charge on any atom is 0.220 e. The molecule has 4 heteroatoms. The highest BCUT2D eigenvalue weighted by molar-refractivity contribution is 7.80. The van der Waals surface area contributed by atoms with Crippen LogP contribution >= 0.6 is 12.6 Å². The predicted octanol–water partition coefficient (Wildman–Crippen LogP) is 0.517. The topological polar surface area (TPSA) is 32.3 Å². The zero-order valence-electron chi connectivity index (χ0n) is 8.12. The van der Waals surface area contributed by atoms with Gasteiger partial charge in [-0.25, -0.2) is 0 Å². The van der Waals surface area contributed by atoms with Crippen molar-refractivity contribution in [2.45, 2.75) is 25.3 Å². The molecule has 0 bridgehead atoms. The SMILES string of the molecule is CN(CCNC(=O)CCS)C1CC1. The molecule has 1 N–H and O–H groups in total. The quantitative estimate of drug-likeness (QED) is 0.615. The third kappa shape index (κ3) is 4.52. The molecule has 0 saturated heterocycles. The predicted molar refractivity (Wildman–Crippen MR) is 57.1 cm³/mol. The molecular weight excluding hydrogens is 184 g/mol. The number of carbonyl (C=O) groups is 1. The van der Waals surface area contributed by atoms with Crippen molar-refractivity contribution in [3.8, 4) is 0 Å². The van der Waals surface area contributed by atoms with E-state index in [0.717, 1.165) is 19.1 Å². The average molecular weight is 202 g/mol. The van der Waals surface area contributed by atoms with Gasteiger partial charge >= 0.3 is 0 Å². The Morgan fingerprint density at radius 1 is 1.62 bits per heavy atom. The van der Waals surface area contributed by atoms with Crippen molar-refractivity contribution >= 4 is 18.5 Å². The summed E-state index contributed by atoms with van der Waals surface area (Å²) in [5, 5.41) is 2.87. The molecule has 13 heavy (non-hydrogen) atoms. The number of carbonyl (C=O) groups excluding carboxylic acids is 1. The Labute approximate surface area is 85.3 Å². The number of amides is 1. The number of nitrogens with one attached hydrogen (secondary N) is 1. The van der Waals surface area contributed by atoms with Crippen LogP contribution in [0.3, 0.4) is 0 Å². The maximum absolute atomic E-state index is 11.0. The Kier molecular flexibility index (Phi) is 4.59. The first kappa shape index (κ1) is 10.9. The molecule has 1 aliphatic carbocycles. The fourth-order valence-corrected chi connectivity index (χ4v) is 1.46. The second kappa shape index (κ2) is 5.50. The van der Waals surface area contributed by atoms with Gasteiger partial charge in [0.05, 0.1) is 0 Å². The van der Waals surface area contributed by atoms with Crippen LogP contribution in [0.15, 0.2) is 0 Å². The first-order valence-corrected chi connectivity index (χ1v) is 5.45. The van der Waals surface area contributed by atoms with Crippen LogP contribution in [-0.2, 0) is 4.79 Å². The molecule has 1 amide bonds. The molecule has 1 aliphatic rings. The molecule has 0 aromatic heterocycles. The average Bonchev–Trinajstić information content (AvgIpc) is 2.86. The molecule has 0 unspecified atom stereocenters. The van der Waals surface area contributed by atoms with Gasteiger partial charge in [0.1, 0.15) is 0 Å². The summed E-state index contributed by atoms with van der Waals surface area (Å²) < 4.78 is 0. The largest absolute Gasteiger partial charge is 0.355 e. The lowest BCUT2D eigenvalue weighted by Crippen LogP contribution is -2.33. The number of hydrogen-bond acceptors (Lipinski definition) is 3. The second-order valence-corrected chi connectivity index (χ2v) is 3.98. The zero-order valence-corrected chi connectivity index (χ0v) is 9.02. The molecule has 0 aliphatic heterocycles. The van der Waals surface area contributed by atoms with E-state index in [1.165, 1.54) is 12.8 Å². The third-order valence-corrected chi connectivity index (χ3v) is 2.52. The van der Waals surface area contributed by atoms with Crippen molar-refractivity contribution in [2.75, 3.05) is 25.9 Å². The van der Waals surface area contributed by atoms with Crippen molar-refractivity contribution in [3.63, 3.8) is 0 Å². The Balaban J connectivity index is 1.96. The number of thiol groups is 1. The standard InChI is InChI=1S/C9H18N2OS/c1-11(8-2-3-8)6-5-10-9(12)4-7-13/h8,13H,2-7H2,1H3,(H,10,12). The number of nitrogens with zero attached hydrogens (tertiary/aromatic N) is 1. The van der Waals surface area contributed by atoms with Crippen molar-refractivity contribution < 1.29 is 4.79 Å². The normalized spacial score (nSPS) is 16.2. The molecule has 0 spiro atoms. The highest BCUT2D eigenvalue weighted by Gasteiger charge is 2.25. The van der Waals surface area contributed by atoms with Crippen LogP contribution in [0, 0.1) is 0 Å². The minimum absolute atomic E-state index is 0.110. The van der Waals surface area contributed by atoms with Gasteiger partial charge in [0.15, 0.2) is 0 Å². The Bertz CT molecular complexity index is 171. The van der Waals surface area contributed by atoms with Gasteiger partial charge in [0, 0.05) is 25.6 Å². The lowest BCUT2D eigenvalue weighted by Gasteiger charge is -2.15. The number of hydrogen-bond donors (Lipinski definition) is 2. The first-order chi connectivity index (χ1) is 6.24. The first-order valence-electron chi connectivity index (χ1n) is 4.82. The molecule has 0 aromatic rings. The fraction of sp³-hybridized carbons (Fsp3) is 0.889. The van der Waals surface area contributed by atoms with Crippen molar-refractivity contribution in [1.29, 1.82) is 0 Å². The Hall–Kier alpha value is -0.220. The van der Waals surface area contributed by atoms with Crippen molar-refractivity contribution in [1.82, 2.24) is 10.2 Å². The molecule has 0 atom stereocenters. The number of rotatable bonds is 6.